The molecule has 0 atom stereocenters. The van der Waals surface area contributed by atoms with E-state index in [1.165, 1.54) is 0 Å². The Kier molecular flexibility index (Phi) is 6.34. The van der Waals surface area contributed by atoms with Crippen LogP contribution in [0, 0.1) is 11.8 Å². The largest absolute Gasteiger partial charge is 0.493 e. The fourth-order valence-electron chi connectivity index (χ4n) is 1.83. The number of amides is 1. The zero-order valence-electron chi connectivity index (χ0n) is 12.6. The maximum Gasteiger partial charge on any atom is 0.253 e. The fourth-order valence-corrected chi connectivity index (χ4v) is 2.05. The lowest BCUT2D eigenvalue weighted by molar-refractivity contribution is 0.0959. The third-order valence-corrected chi connectivity index (χ3v) is 3.28. The Morgan fingerprint density at radius 1 is 1.09 bits per heavy atom. The Hall–Kier alpha value is -2.64. The molecule has 0 bridgehead atoms. The van der Waals surface area contributed by atoms with E-state index in [0.717, 1.165) is 0 Å². The van der Waals surface area contributed by atoms with Gasteiger partial charge < -0.3 is 14.8 Å². The summed E-state index contributed by atoms with van der Waals surface area (Å²) < 4.78 is 10.7. The Balaban J connectivity index is 1.78. The van der Waals surface area contributed by atoms with E-state index in [0.29, 0.717) is 22.1 Å². The summed E-state index contributed by atoms with van der Waals surface area (Å²) in [6.45, 7) is 0.432. The minimum absolute atomic E-state index is 0.211. The van der Waals surface area contributed by atoms with Crippen molar-refractivity contribution in [1.82, 2.24) is 5.32 Å². The van der Waals surface area contributed by atoms with E-state index in [1.54, 1.807) is 37.4 Å². The van der Waals surface area contributed by atoms with Crippen molar-refractivity contribution in [3.05, 3.63) is 59.1 Å². The van der Waals surface area contributed by atoms with Gasteiger partial charge in [-0.2, -0.15) is 0 Å². The zero-order chi connectivity index (χ0) is 16.5. The number of rotatable bonds is 5. The molecule has 0 radical (unpaired) electrons. The smallest absolute Gasteiger partial charge is 0.253 e. The highest BCUT2D eigenvalue weighted by molar-refractivity contribution is 6.33. The minimum Gasteiger partial charge on any atom is -0.493 e. The van der Waals surface area contributed by atoms with E-state index in [2.05, 4.69) is 17.2 Å². The highest BCUT2D eigenvalue weighted by Crippen LogP contribution is 2.25. The Labute approximate surface area is 140 Å². The van der Waals surface area contributed by atoms with Gasteiger partial charge in [0, 0.05) is 0 Å². The van der Waals surface area contributed by atoms with E-state index < -0.39 is 0 Å². The SMILES string of the molecule is COc1ccccc1OCC#CCNC(=O)c1ccccc1Cl. The number of benzene rings is 2. The molecule has 2 rings (SSSR count). The monoisotopic (exact) mass is 329 g/mol. The number of halogens is 1. The summed E-state index contributed by atoms with van der Waals surface area (Å²) in [5.74, 6) is 6.68. The maximum atomic E-state index is 11.9. The molecule has 118 valence electrons. The first-order valence-electron chi connectivity index (χ1n) is 6.96. The number of methoxy groups -OCH3 is 1. The maximum absolute atomic E-state index is 11.9. The summed E-state index contributed by atoms with van der Waals surface area (Å²) in [5, 5.41) is 3.10. The van der Waals surface area contributed by atoms with Crippen LogP contribution < -0.4 is 14.8 Å². The van der Waals surface area contributed by atoms with Crippen LogP contribution in [0.2, 0.25) is 5.02 Å². The molecule has 0 aliphatic carbocycles. The lowest BCUT2D eigenvalue weighted by Gasteiger charge is -2.07. The molecular formula is C18H16ClNO3. The Morgan fingerprint density at radius 3 is 2.52 bits per heavy atom. The van der Waals surface area contributed by atoms with Crippen LogP contribution in [-0.4, -0.2) is 26.2 Å². The van der Waals surface area contributed by atoms with Crippen LogP contribution in [-0.2, 0) is 0 Å². The molecule has 5 heteroatoms. The van der Waals surface area contributed by atoms with Crippen LogP contribution in [0.3, 0.4) is 0 Å². The standard InChI is InChI=1S/C18H16ClNO3/c1-22-16-10-4-5-11-17(16)23-13-7-6-12-20-18(21)14-8-2-3-9-15(14)19/h2-5,8-11H,12-13H2,1H3,(H,20,21). The van der Waals surface area contributed by atoms with Crippen LogP contribution in [0.15, 0.2) is 48.5 Å². The minimum atomic E-state index is -0.254. The summed E-state index contributed by atoms with van der Waals surface area (Å²) in [7, 11) is 1.58. The van der Waals surface area contributed by atoms with Crippen LogP contribution in [0.1, 0.15) is 10.4 Å². The predicted octanol–water partition coefficient (Wildman–Crippen LogP) is 3.16. The zero-order valence-corrected chi connectivity index (χ0v) is 13.4. The first-order chi connectivity index (χ1) is 11.2. The second-order valence-corrected chi connectivity index (χ2v) is 4.86. The van der Waals surface area contributed by atoms with Gasteiger partial charge in [-0.15, -0.1) is 0 Å². The number of carbonyl (C=O) groups excluding carboxylic acids is 1. The molecule has 0 fully saturated rings. The van der Waals surface area contributed by atoms with E-state index in [9.17, 15) is 4.79 Å². The van der Waals surface area contributed by atoms with E-state index in [-0.39, 0.29) is 19.1 Å². The first-order valence-corrected chi connectivity index (χ1v) is 7.34. The molecule has 23 heavy (non-hydrogen) atoms. The Bertz CT molecular complexity index is 734. The molecule has 4 nitrogen and oxygen atoms in total. The molecule has 1 N–H and O–H groups in total. The molecular weight excluding hydrogens is 314 g/mol. The van der Waals surface area contributed by atoms with Crippen molar-refractivity contribution in [3.8, 4) is 23.3 Å². The van der Waals surface area contributed by atoms with Crippen molar-refractivity contribution in [1.29, 1.82) is 0 Å². The molecule has 0 heterocycles. The number of hydrogen-bond acceptors (Lipinski definition) is 3. The summed E-state index contributed by atoms with van der Waals surface area (Å²) in [5.41, 5.74) is 0.432. The molecule has 0 unspecified atom stereocenters. The van der Waals surface area contributed by atoms with Crippen LogP contribution >= 0.6 is 11.6 Å². The Morgan fingerprint density at radius 2 is 1.78 bits per heavy atom. The lowest BCUT2D eigenvalue weighted by Crippen LogP contribution is -2.23. The third-order valence-electron chi connectivity index (χ3n) is 2.95. The van der Waals surface area contributed by atoms with Crippen molar-refractivity contribution < 1.29 is 14.3 Å². The number of para-hydroxylation sites is 2. The van der Waals surface area contributed by atoms with Gasteiger partial charge in [-0.25, -0.2) is 0 Å². The molecule has 0 aliphatic heterocycles. The summed E-state index contributed by atoms with van der Waals surface area (Å²) in [6, 6.07) is 14.2. The summed E-state index contributed by atoms with van der Waals surface area (Å²) in [4.78, 5) is 11.9. The van der Waals surface area contributed by atoms with Gasteiger partial charge in [0.1, 0.15) is 6.61 Å². The van der Waals surface area contributed by atoms with Gasteiger partial charge in [0.25, 0.3) is 5.91 Å². The van der Waals surface area contributed by atoms with Crippen LogP contribution in [0.4, 0.5) is 0 Å². The van der Waals surface area contributed by atoms with Gasteiger partial charge in [-0.1, -0.05) is 47.7 Å². The lowest BCUT2D eigenvalue weighted by atomic mass is 10.2. The molecule has 0 spiro atoms. The van der Waals surface area contributed by atoms with Crippen LogP contribution in [0.25, 0.3) is 0 Å². The molecule has 2 aromatic rings. The number of hydrogen-bond donors (Lipinski definition) is 1. The summed E-state index contributed by atoms with van der Waals surface area (Å²) in [6.07, 6.45) is 0. The van der Waals surface area contributed by atoms with Crippen molar-refractivity contribution in [3.63, 3.8) is 0 Å². The summed E-state index contributed by atoms with van der Waals surface area (Å²) >= 11 is 5.95. The molecule has 1 amide bonds. The first kappa shape index (κ1) is 16.7. The van der Waals surface area contributed by atoms with Gasteiger partial charge in [0.2, 0.25) is 0 Å². The van der Waals surface area contributed by atoms with Crippen molar-refractivity contribution in [2.24, 2.45) is 0 Å². The number of ether oxygens (including phenoxy) is 2. The average Bonchev–Trinajstić information content (AvgIpc) is 2.58. The topological polar surface area (TPSA) is 47.6 Å². The third kappa shape index (κ3) is 4.94. The van der Waals surface area contributed by atoms with Crippen molar-refractivity contribution in [2.75, 3.05) is 20.3 Å². The van der Waals surface area contributed by atoms with Gasteiger partial charge >= 0.3 is 0 Å². The van der Waals surface area contributed by atoms with Gasteiger partial charge in [0.05, 0.1) is 24.2 Å². The molecule has 0 saturated heterocycles. The van der Waals surface area contributed by atoms with Gasteiger partial charge in [-0.05, 0) is 24.3 Å². The quantitative estimate of drug-likeness (QED) is 0.857. The van der Waals surface area contributed by atoms with Gasteiger partial charge in [-0.3, -0.25) is 4.79 Å². The van der Waals surface area contributed by atoms with E-state index in [1.807, 2.05) is 18.2 Å². The van der Waals surface area contributed by atoms with Crippen LogP contribution in [0.5, 0.6) is 11.5 Å². The van der Waals surface area contributed by atoms with Crippen molar-refractivity contribution >= 4 is 17.5 Å². The average molecular weight is 330 g/mol. The second-order valence-electron chi connectivity index (χ2n) is 4.46. The van der Waals surface area contributed by atoms with E-state index >= 15 is 0 Å². The predicted molar refractivity (Wildman–Crippen MR) is 90.1 cm³/mol. The van der Waals surface area contributed by atoms with Gasteiger partial charge in [0.15, 0.2) is 11.5 Å². The normalized spacial score (nSPS) is 9.48. The fraction of sp³-hybridized carbons (Fsp3) is 0.167. The highest BCUT2D eigenvalue weighted by atomic mass is 35.5. The molecule has 0 saturated carbocycles. The van der Waals surface area contributed by atoms with Crippen molar-refractivity contribution in [2.45, 2.75) is 0 Å². The van der Waals surface area contributed by atoms with E-state index in [4.69, 9.17) is 21.1 Å². The molecule has 0 aromatic heterocycles. The molecule has 0 aliphatic rings. The second kappa shape index (κ2) is 8.72. The highest BCUT2D eigenvalue weighted by Gasteiger charge is 2.07. The molecule has 2 aromatic carbocycles. The number of nitrogens with one attached hydrogen (secondary N) is 1. The number of carbonyl (C=O) groups is 1.